The number of amides is 1. The lowest BCUT2D eigenvalue weighted by atomic mass is 10.1. The lowest BCUT2D eigenvalue weighted by molar-refractivity contribution is -0.113. The average Bonchev–Trinajstić information content (AvgIpc) is 2.95. The molecule has 1 heterocycles. The highest BCUT2D eigenvalue weighted by Crippen LogP contribution is 2.36. The van der Waals surface area contributed by atoms with Gasteiger partial charge in [0.1, 0.15) is 5.82 Å². The molecule has 0 unspecified atom stereocenters. The fraction of sp³-hybridized carbons (Fsp3) is 0.222. The standard InChI is InChI=1S/C27H26FN3OS/c1-16-5-8-20(9-6-16)23-14-27(31-25-12-19(4)18(3)11-24(25)29-23)33-15-26(32)30-22-13-21(28)10-7-17(22)2/h5-13H,14-15H2,1-4H3,(H,30,32). The van der Waals surface area contributed by atoms with Gasteiger partial charge in [0.05, 0.1) is 27.9 Å². The van der Waals surface area contributed by atoms with Gasteiger partial charge in [0, 0.05) is 12.1 Å². The van der Waals surface area contributed by atoms with Gasteiger partial charge >= 0.3 is 0 Å². The highest BCUT2D eigenvalue weighted by Gasteiger charge is 2.18. The third-order valence-electron chi connectivity index (χ3n) is 5.64. The summed E-state index contributed by atoms with van der Waals surface area (Å²) in [4.78, 5) is 22.4. The van der Waals surface area contributed by atoms with Gasteiger partial charge in [-0.25, -0.2) is 9.38 Å². The van der Waals surface area contributed by atoms with Crippen LogP contribution in [0.5, 0.6) is 0 Å². The molecule has 0 saturated heterocycles. The van der Waals surface area contributed by atoms with Crippen molar-refractivity contribution in [2.75, 3.05) is 11.1 Å². The fourth-order valence-electron chi connectivity index (χ4n) is 3.53. The number of hydrogen-bond acceptors (Lipinski definition) is 4. The van der Waals surface area contributed by atoms with Crippen LogP contribution in [-0.2, 0) is 4.79 Å². The molecule has 3 aromatic rings. The maximum Gasteiger partial charge on any atom is 0.234 e. The lowest BCUT2D eigenvalue weighted by Gasteiger charge is -2.10. The van der Waals surface area contributed by atoms with Gasteiger partial charge in [-0.05, 0) is 74.2 Å². The zero-order valence-corrected chi connectivity index (χ0v) is 20.0. The van der Waals surface area contributed by atoms with E-state index in [9.17, 15) is 9.18 Å². The van der Waals surface area contributed by atoms with Crippen molar-refractivity contribution in [3.63, 3.8) is 0 Å². The maximum atomic E-state index is 13.6. The molecule has 4 rings (SSSR count). The Morgan fingerprint density at radius 1 is 0.909 bits per heavy atom. The first-order valence-corrected chi connectivity index (χ1v) is 11.8. The van der Waals surface area contributed by atoms with E-state index in [2.05, 4.69) is 56.4 Å². The number of carbonyl (C=O) groups is 1. The third-order valence-corrected chi connectivity index (χ3v) is 6.61. The van der Waals surface area contributed by atoms with Gasteiger partial charge in [-0.15, -0.1) is 11.8 Å². The Hall–Kier alpha value is -3.25. The molecule has 4 nitrogen and oxygen atoms in total. The normalized spacial score (nSPS) is 13.0. The number of benzene rings is 3. The molecule has 0 aromatic heterocycles. The fourth-order valence-corrected chi connectivity index (χ4v) is 4.30. The largest absolute Gasteiger partial charge is 0.325 e. The van der Waals surface area contributed by atoms with Crippen LogP contribution in [0.1, 0.15) is 34.2 Å². The molecule has 168 valence electrons. The third kappa shape index (κ3) is 5.57. The molecule has 0 spiro atoms. The molecule has 0 radical (unpaired) electrons. The number of nitrogens with one attached hydrogen (secondary N) is 1. The Kier molecular flexibility index (Phi) is 6.75. The number of nitrogens with zero attached hydrogens (tertiary/aromatic N) is 2. The van der Waals surface area contributed by atoms with E-state index in [0.717, 1.165) is 44.4 Å². The van der Waals surface area contributed by atoms with E-state index in [1.807, 2.05) is 13.0 Å². The summed E-state index contributed by atoms with van der Waals surface area (Å²) < 4.78 is 13.6. The van der Waals surface area contributed by atoms with Crippen LogP contribution in [0.25, 0.3) is 0 Å². The van der Waals surface area contributed by atoms with Gasteiger partial charge in [0.25, 0.3) is 0 Å². The van der Waals surface area contributed by atoms with E-state index in [4.69, 9.17) is 9.98 Å². The Bertz CT molecular complexity index is 1280. The van der Waals surface area contributed by atoms with Crippen molar-refractivity contribution >= 4 is 45.5 Å². The predicted molar refractivity (Wildman–Crippen MR) is 137 cm³/mol. The van der Waals surface area contributed by atoms with Crippen LogP contribution in [0.4, 0.5) is 21.5 Å². The van der Waals surface area contributed by atoms with E-state index >= 15 is 0 Å². The van der Waals surface area contributed by atoms with Gasteiger partial charge in [-0.2, -0.15) is 0 Å². The van der Waals surface area contributed by atoms with Gasteiger partial charge in [-0.1, -0.05) is 35.9 Å². The average molecular weight is 460 g/mol. The Labute approximate surface area is 198 Å². The summed E-state index contributed by atoms with van der Waals surface area (Å²) in [6.07, 6.45) is 0.534. The second-order valence-corrected chi connectivity index (χ2v) is 9.38. The quantitative estimate of drug-likeness (QED) is 0.457. The second-order valence-electron chi connectivity index (χ2n) is 8.33. The molecule has 0 fully saturated rings. The molecular weight excluding hydrogens is 433 g/mol. The Morgan fingerprint density at radius 3 is 2.27 bits per heavy atom. The van der Waals surface area contributed by atoms with Crippen LogP contribution in [0, 0.1) is 33.5 Å². The Balaban J connectivity index is 1.59. The van der Waals surface area contributed by atoms with E-state index in [-0.39, 0.29) is 17.5 Å². The molecule has 33 heavy (non-hydrogen) atoms. The SMILES string of the molecule is Cc1ccc(C2=Nc3cc(C)c(C)cc3N=C(SCC(=O)Nc3cc(F)ccc3C)C2)cc1. The molecule has 0 saturated carbocycles. The molecule has 1 amide bonds. The minimum Gasteiger partial charge on any atom is -0.325 e. The van der Waals surface area contributed by atoms with Crippen molar-refractivity contribution in [3.8, 4) is 0 Å². The van der Waals surface area contributed by atoms with E-state index in [1.54, 1.807) is 6.07 Å². The van der Waals surface area contributed by atoms with E-state index in [1.165, 1.54) is 29.5 Å². The van der Waals surface area contributed by atoms with Crippen LogP contribution < -0.4 is 5.32 Å². The molecule has 1 N–H and O–H groups in total. The summed E-state index contributed by atoms with van der Waals surface area (Å²) in [6.45, 7) is 8.02. The molecule has 0 bridgehead atoms. The van der Waals surface area contributed by atoms with Crippen LogP contribution in [0.3, 0.4) is 0 Å². The van der Waals surface area contributed by atoms with Crippen LogP contribution >= 0.6 is 11.8 Å². The summed E-state index contributed by atoms with van der Waals surface area (Å²) >= 11 is 1.39. The number of halogens is 1. The topological polar surface area (TPSA) is 53.8 Å². The summed E-state index contributed by atoms with van der Waals surface area (Å²) in [5.41, 5.74) is 8.41. The number of carbonyl (C=O) groups excluding carboxylic acids is 1. The highest BCUT2D eigenvalue weighted by atomic mass is 32.2. The van der Waals surface area contributed by atoms with Crippen molar-refractivity contribution in [1.82, 2.24) is 0 Å². The number of fused-ring (bicyclic) bond motifs is 1. The van der Waals surface area contributed by atoms with Gasteiger partial charge in [-0.3, -0.25) is 9.79 Å². The number of anilines is 1. The number of hydrogen-bond donors (Lipinski definition) is 1. The number of thioether (sulfide) groups is 1. The first kappa shape index (κ1) is 22.9. The minimum absolute atomic E-state index is 0.177. The lowest BCUT2D eigenvalue weighted by Crippen LogP contribution is -2.17. The highest BCUT2D eigenvalue weighted by molar-refractivity contribution is 8.14. The first-order valence-electron chi connectivity index (χ1n) is 10.8. The van der Waals surface area contributed by atoms with Crippen LogP contribution in [0.2, 0.25) is 0 Å². The van der Waals surface area contributed by atoms with Crippen molar-refractivity contribution in [2.45, 2.75) is 34.1 Å². The number of aryl methyl sites for hydroxylation is 4. The van der Waals surface area contributed by atoms with Gasteiger partial charge in [0.15, 0.2) is 0 Å². The van der Waals surface area contributed by atoms with Gasteiger partial charge in [0.2, 0.25) is 5.91 Å². The van der Waals surface area contributed by atoms with Gasteiger partial charge < -0.3 is 5.32 Å². The Morgan fingerprint density at radius 2 is 1.58 bits per heavy atom. The molecule has 1 aliphatic heterocycles. The summed E-state index contributed by atoms with van der Waals surface area (Å²) in [5.74, 6) is -0.399. The summed E-state index contributed by atoms with van der Waals surface area (Å²) in [6, 6.07) is 16.8. The molecular formula is C27H26FN3OS. The molecule has 6 heteroatoms. The number of rotatable bonds is 4. The zero-order valence-electron chi connectivity index (χ0n) is 19.2. The van der Waals surface area contributed by atoms with E-state index in [0.29, 0.717) is 12.1 Å². The second kappa shape index (κ2) is 9.71. The molecule has 3 aromatic carbocycles. The number of aliphatic imine (C=N–C) groups is 2. The summed E-state index contributed by atoms with van der Waals surface area (Å²) in [7, 11) is 0. The maximum absolute atomic E-state index is 13.6. The van der Waals surface area contributed by atoms with Crippen molar-refractivity contribution in [1.29, 1.82) is 0 Å². The van der Waals surface area contributed by atoms with E-state index < -0.39 is 0 Å². The van der Waals surface area contributed by atoms with Crippen molar-refractivity contribution < 1.29 is 9.18 Å². The summed E-state index contributed by atoms with van der Waals surface area (Å²) in [5, 5.41) is 3.63. The van der Waals surface area contributed by atoms with Crippen LogP contribution in [0.15, 0.2) is 64.6 Å². The van der Waals surface area contributed by atoms with Crippen molar-refractivity contribution in [3.05, 3.63) is 88.2 Å². The monoisotopic (exact) mass is 459 g/mol. The molecule has 1 aliphatic rings. The molecule has 0 atom stereocenters. The minimum atomic E-state index is -0.377. The molecule has 0 aliphatic carbocycles. The zero-order chi connectivity index (χ0) is 23.5. The smallest absolute Gasteiger partial charge is 0.234 e. The van der Waals surface area contributed by atoms with Crippen molar-refractivity contribution in [2.24, 2.45) is 9.98 Å². The predicted octanol–water partition coefficient (Wildman–Crippen LogP) is 6.99. The van der Waals surface area contributed by atoms with Crippen LogP contribution in [-0.4, -0.2) is 22.4 Å². The first-order chi connectivity index (χ1) is 15.8.